The Hall–Kier alpha value is -0.860. The van der Waals surface area contributed by atoms with E-state index in [2.05, 4.69) is 35.2 Å². The van der Waals surface area contributed by atoms with Crippen molar-refractivity contribution >= 4 is 0 Å². The maximum Gasteiger partial charge on any atom is 0.0233 e. The van der Waals surface area contributed by atoms with E-state index in [4.69, 9.17) is 5.73 Å². The molecule has 0 aromatic heterocycles. The molecule has 1 saturated carbocycles. The third kappa shape index (κ3) is 3.80. The molecule has 0 amide bonds. The van der Waals surface area contributed by atoms with E-state index in [1.807, 2.05) is 0 Å². The van der Waals surface area contributed by atoms with Gasteiger partial charge in [-0.15, -0.1) is 0 Å². The minimum absolute atomic E-state index is 0.216. The molecule has 19 heavy (non-hydrogen) atoms. The lowest BCUT2D eigenvalue weighted by Crippen LogP contribution is -2.32. The lowest BCUT2D eigenvalue weighted by atomic mass is 9.94. The monoisotopic (exact) mass is 258 g/mol. The van der Waals surface area contributed by atoms with Crippen molar-refractivity contribution in [1.29, 1.82) is 0 Å². The van der Waals surface area contributed by atoms with Crippen molar-refractivity contribution in [2.75, 3.05) is 13.1 Å². The molecule has 1 heterocycles. The molecular formula is C17H26N2. The van der Waals surface area contributed by atoms with E-state index in [0.29, 0.717) is 0 Å². The smallest absolute Gasteiger partial charge is 0.0233 e. The van der Waals surface area contributed by atoms with Gasteiger partial charge < -0.3 is 5.73 Å². The van der Waals surface area contributed by atoms with Crippen LogP contribution in [-0.2, 0) is 6.54 Å². The van der Waals surface area contributed by atoms with Gasteiger partial charge in [-0.2, -0.15) is 0 Å². The summed E-state index contributed by atoms with van der Waals surface area (Å²) >= 11 is 0. The van der Waals surface area contributed by atoms with Crippen LogP contribution in [-0.4, -0.2) is 23.5 Å². The molecule has 104 valence electrons. The highest BCUT2D eigenvalue weighted by Gasteiger charge is 2.40. The fraction of sp³-hybridized carbons (Fsp3) is 0.647. The highest BCUT2D eigenvalue weighted by molar-refractivity contribution is 5.14. The summed E-state index contributed by atoms with van der Waals surface area (Å²) in [5.41, 5.74) is 7.97. The molecule has 1 aromatic rings. The Morgan fingerprint density at radius 1 is 1.16 bits per heavy atom. The molecule has 1 unspecified atom stereocenters. The minimum atomic E-state index is 0.216. The molecule has 2 heteroatoms. The van der Waals surface area contributed by atoms with E-state index in [1.165, 1.54) is 57.2 Å². The SMILES string of the molecule is NC1(CC2CCCCN(Cc3ccccc3)C2)CC1. The quantitative estimate of drug-likeness (QED) is 0.899. The summed E-state index contributed by atoms with van der Waals surface area (Å²) in [6.07, 6.45) is 7.86. The van der Waals surface area contributed by atoms with Gasteiger partial charge in [-0.3, -0.25) is 4.90 Å². The van der Waals surface area contributed by atoms with Crippen LogP contribution in [0.4, 0.5) is 0 Å². The molecule has 1 aromatic carbocycles. The van der Waals surface area contributed by atoms with E-state index in [-0.39, 0.29) is 5.54 Å². The molecule has 1 aliphatic heterocycles. The Morgan fingerprint density at radius 2 is 1.95 bits per heavy atom. The Kier molecular flexibility index (Phi) is 3.90. The zero-order valence-corrected chi connectivity index (χ0v) is 11.9. The fourth-order valence-corrected chi connectivity index (χ4v) is 3.41. The van der Waals surface area contributed by atoms with E-state index in [9.17, 15) is 0 Å². The zero-order valence-electron chi connectivity index (χ0n) is 11.9. The topological polar surface area (TPSA) is 29.3 Å². The maximum absolute atomic E-state index is 6.31. The molecule has 2 fully saturated rings. The third-order valence-electron chi connectivity index (χ3n) is 4.69. The van der Waals surface area contributed by atoms with Gasteiger partial charge in [0.2, 0.25) is 0 Å². The Bertz CT molecular complexity index is 397. The van der Waals surface area contributed by atoms with Crippen LogP contribution >= 0.6 is 0 Å². The predicted molar refractivity (Wildman–Crippen MR) is 79.8 cm³/mol. The molecule has 2 aliphatic rings. The molecular weight excluding hydrogens is 232 g/mol. The van der Waals surface area contributed by atoms with E-state index < -0.39 is 0 Å². The van der Waals surface area contributed by atoms with E-state index >= 15 is 0 Å². The number of hydrogen-bond acceptors (Lipinski definition) is 2. The minimum Gasteiger partial charge on any atom is -0.325 e. The van der Waals surface area contributed by atoms with Gasteiger partial charge in [0.1, 0.15) is 0 Å². The molecule has 0 spiro atoms. The fourth-order valence-electron chi connectivity index (χ4n) is 3.41. The highest BCUT2D eigenvalue weighted by atomic mass is 15.1. The van der Waals surface area contributed by atoms with E-state index in [0.717, 1.165) is 12.5 Å². The van der Waals surface area contributed by atoms with Crippen molar-refractivity contribution < 1.29 is 0 Å². The number of nitrogens with zero attached hydrogens (tertiary/aromatic N) is 1. The third-order valence-corrected chi connectivity index (χ3v) is 4.69. The number of rotatable bonds is 4. The van der Waals surface area contributed by atoms with Crippen LogP contribution in [0, 0.1) is 5.92 Å². The van der Waals surface area contributed by atoms with Crippen molar-refractivity contribution in [3.8, 4) is 0 Å². The average molecular weight is 258 g/mol. The van der Waals surface area contributed by atoms with Gasteiger partial charge in [-0.25, -0.2) is 0 Å². The van der Waals surface area contributed by atoms with Crippen molar-refractivity contribution in [2.24, 2.45) is 11.7 Å². The number of nitrogens with two attached hydrogens (primary N) is 1. The largest absolute Gasteiger partial charge is 0.325 e. The first-order valence-electron chi connectivity index (χ1n) is 7.79. The van der Waals surface area contributed by atoms with Crippen LogP contribution < -0.4 is 5.73 Å². The molecule has 0 radical (unpaired) electrons. The lowest BCUT2D eigenvalue weighted by molar-refractivity contribution is 0.227. The summed E-state index contributed by atoms with van der Waals surface area (Å²) in [4.78, 5) is 2.64. The normalized spacial score (nSPS) is 26.9. The summed E-state index contributed by atoms with van der Waals surface area (Å²) in [7, 11) is 0. The molecule has 1 saturated heterocycles. The Morgan fingerprint density at radius 3 is 2.68 bits per heavy atom. The summed E-state index contributed by atoms with van der Waals surface area (Å²) in [5, 5.41) is 0. The number of likely N-dealkylation sites (tertiary alicyclic amines) is 1. The molecule has 1 atom stereocenters. The van der Waals surface area contributed by atoms with Crippen molar-refractivity contribution in [1.82, 2.24) is 4.90 Å². The van der Waals surface area contributed by atoms with E-state index in [1.54, 1.807) is 0 Å². The lowest BCUT2D eigenvalue weighted by Gasteiger charge is -2.26. The maximum atomic E-state index is 6.31. The van der Waals surface area contributed by atoms with Crippen LogP contribution in [0.15, 0.2) is 30.3 Å². The van der Waals surface area contributed by atoms with Crippen LogP contribution in [0.1, 0.15) is 44.1 Å². The Labute approximate surface area is 117 Å². The van der Waals surface area contributed by atoms with Gasteiger partial charge in [-0.05, 0) is 50.1 Å². The van der Waals surface area contributed by atoms with Crippen LogP contribution in [0.2, 0.25) is 0 Å². The average Bonchev–Trinajstić information content (AvgIpc) is 3.16. The first-order valence-corrected chi connectivity index (χ1v) is 7.79. The van der Waals surface area contributed by atoms with Gasteiger partial charge >= 0.3 is 0 Å². The number of benzene rings is 1. The standard InChI is InChI=1S/C17H26N2/c18-17(9-10-17)12-16-8-4-5-11-19(14-16)13-15-6-2-1-3-7-15/h1-3,6-7,16H,4-5,8-14,18H2. The first-order chi connectivity index (χ1) is 9.23. The summed E-state index contributed by atoms with van der Waals surface area (Å²) < 4.78 is 0. The molecule has 1 aliphatic carbocycles. The highest BCUT2D eigenvalue weighted by Crippen LogP contribution is 2.40. The second kappa shape index (κ2) is 5.64. The molecule has 0 bridgehead atoms. The Balaban J connectivity index is 1.58. The molecule has 3 rings (SSSR count). The zero-order chi connectivity index (χ0) is 13.1. The second-order valence-electron chi connectivity index (χ2n) is 6.65. The van der Waals surface area contributed by atoms with Gasteiger partial charge in [0.05, 0.1) is 0 Å². The van der Waals surface area contributed by atoms with Gasteiger partial charge in [0.25, 0.3) is 0 Å². The van der Waals surface area contributed by atoms with Crippen LogP contribution in [0.5, 0.6) is 0 Å². The van der Waals surface area contributed by atoms with Gasteiger partial charge in [-0.1, -0.05) is 36.8 Å². The number of hydrogen-bond donors (Lipinski definition) is 1. The van der Waals surface area contributed by atoms with Crippen molar-refractivity contribution in [3.63, 3.8) is 0 Å². The molecule has 2 nitrogen and oxygen atoms in total. The van der Waals surface area contributed by atoms with Gasteiger partial charge in [0.15, 0.2) is 0 Å². The van der Waals surface area contributed by atoms with Crippen LogP contribution in [0.25, 0.3) is 0 Å². The second-order valence-corrected chi connectivity index (χ2v) is 6.65. The van der Waals surface area contributed by atoms with Crippen LogP contribution in [0.3, 0.4) is 0 Å². The summed E-state index contributed by atoms with van der Waals surface area (Å²) in [5.74, 6) is 0.818. The predicted octanol–water partition coefficient (Wildman–Crippen LogP) is 3.17. The van der Waals surface area contributed by atoms with Crippen molar-refractivity contribution in [3.05, 3.63) is 35.9 Å². The first kappa shape index (κ1) is 13.1. The molecule has 2 N–H and O–H groups in total. The van der Waals surface area contributed by atoms with Crippen molar-refractivity contribution in [2.45, 2.75) is 50.6 Å². The summed E-state index contributed by atoms with van der Waals surface area (Å²) in [6.45, 7) is 3.60. The summed E-state index contributed by atoms with van der Waals surface area (Å²) in [6, 6.07) is 10.9. The van der Waals surface area contributed by atoms with Gasteiger partial charge in [0, 0.05) is 18.6 Å².